The predicted molar refractivity (Wildman–Crippen MR) is 133 cm³/mol. The Morgan fingerprint density at radius 1 is 1.24 bits per heavy atom. The van der Waals surface area contributed by atoms with E-state index in [1.54, 1.807) is 17.1 Å². The molecule has 12 heteroatoms. The summed E-state index contributed by atoms with van der Waals surface area (Å²) in [5, 5.41) is 15.4. The molecule has 12 nitrogen and oxygen atoms in total. The van der Waals surface area contributed by atoms with Crippen molar-refractivity contribution in [3.63, 3.8) is 0 Å². The summed E-state index contributed by atoms with van der Waals surface area (Å²) in [5.74, 6) is -0.221. The molecule has 6 rings (SSSR count). The number of nitrogens with one attached hydrogen (secondary N) is 1. The maximum Gasteiger partial charge on any atom is 0.306 e. The van der Waals surface area contributed by atoms with Crippen molar-refractivity contribution in [3.05, 3.63) is 65.8 Å². The van der Waals surface area contributed by atoms with Gasteiger partial charge in [-0.2, -0.15) is 5.10 Å². The molecule has 0 unspecified atom stereocenters. The summed E-state index contributed by atoms with van der Waals surface area (Å²) in [6.07, 6.45) is 7.15. The zero-order valence-electron chi connectivity index (χ0n) is 20.4. The molecule has 37 heavy (non-hydrogen) atoms. The van der Waals surface area contributed by atoms with Crippen LogP contribution in [0.15, 0.2) is 47.3 Å². The third-order valence-electron chi connectivity index (χ3n) is 6.89. The molecular weight excluding hydrogens is 474 g/mol. The number of amides is 1. The second kappa shape index (κ2) is 9.71. The first-order valence-corrected chi connectivity index (χ1v) is 12.2. The summed E-state index contributed by atoms with van der Waals surface area (Å²) in [6.45, 7) is 3.03. The van der Waals surface area contributed by atoms with Gasteiger partial charge in [0.05, 0.1) is 30.1 Å². The van der Waals surface area contributed by atoms with Crippen molar-refractivity contribution in [1.29, 1.82) is 0 Å². The number of aromatic nitrogens is 6. The van der Waals surface area contributed by atoms with Crippen molar-refractivity contribution in [2.45, 2.75) is 24.8 Å². The number of carbonyl (C=O) groups excluding carboxylic acids is 1. The van der Waals surface area contributed by atoms with E-state index < -0.39 is 5.91 Å². The molecule has 2 aliphatic rings. The fourth-order valence-electron chi connectivity index (χ4n) is 5.03. The molecule has 5 heterocycles. The Hall–Kier alpha value is -4.16. The Morgan fingerprint density at radius 3 is 2.92 bits per heavy atom. The largest absolute Gasteiger partial charge is 0.416 e. The molecule has 0 radical (unpaired) electrons. The van der Waals surface area contributed by atoms with Crippen molar-refractivity contribution in [2.24, 2.45) is 12.8 Å². The van der Waals surface area contributed by atoms with Crippen LogP contribution in [0.1, 0.15) is 40.0 Å². The fourth-order valence-corrected chi connectivity index (χ4v) is 5.03. The summed E-state index contributed by atoms with van der Waals surface area (Å²) < 4.78 is 13.1. The zero-order chi connectivity index (χ0) is 25.4. The monoisotopic (exact) mass is 501 g/mol. The lowest BCUT2D eigenvalue weighted by Gasteiger charge is -2.28. The lowest BCUT2D eigenvalue weighted by Crippen LogP contribution is -2.38. The quantitative estimate of drug-likeness (QED) is 0.401. The number of hydrogen-bond donors (Lipinski definition) is 2. The number of anilines is 2. The summed E-state index contributed by atoms with van der Waals surface area (Å²) in [5.41, 5.74) is 10.2. The maximum absolute atomic E-state index is 11.6. The summed E-state index contributed by atoms with van der Waals surface area (Å²) in [4.78, 5) is 23.1. The van der Waals surface area contributed by atoms with Crippen LogP contribution in [0.25, 0.3) is 11.3 Å². The molecule has 1 fully saturated rings. The second-order valence-corrected chi connectivity index (χ2v) is 9.33. The predicted octanol–water partition coefficient (Wildman–Crippen LogP) is 1.88. The van der Waals surface area contributed by atoms with Crippen LogP contribution in [0.2, 0.25) is 0 Å². The van der Waals surface area contributed by atoms with Gasteiger partial charge in [-0.1, -0.05) is 12.1 Å². The number of fused-ring (bicyclic) bond motifs is 1. The molecule has 0 bridgehead atoms. The highest BCUT2D eigenvalue weighted by Crippen LogP contribution is 2.34. The molecule has 190 valence electrons. The van der Waals surface area contributed by atoms with Gasteiger partial charge in [0.1, 0.15) is 0 Å². The lowest BCUT2D eigenvalue weighted by molar-refractivity contribution is 0.0964. The van der Waals surface area contributed by atoms with E-state index >= 15 is 0 Å². The number of benzene rings is 1. The number of nitrogens with two attached hydrogens (primary N) is 1. The van der Waals surface area contributed by atoms with Crippen molar-refractivity contribution in [1.82, 2.24) is 34.8 Å². The average Bonchev–Trinajstić information content (AvgIpc) is 3.66. The van der Waals surface area contributed by atoms with E-state index in [9.17, 15) is 4.79 Å². The number of primary amides is 1. The van der Waals surface area contributed by atoms with Gasteiger partial charge in [-0.25, -0.2) is 9.97 Å². The highest BCUT2D eigenvalue weighted by Gasteiger charge is 2.33. The van der Waals surface area contributed by atoms with E-state index in [4.69, 9.17) is 19.9 Å². The number of rotatable bonds is 6. The topological polar surface area (TPSA) is 150 Å². The molecule has 2 aliphatic heterocycles. The van der Waals surface area contributed by atoms with Gasteiger partial charge in [0, 0.05) is 50.7 Å². The third kappa shape index (κ3) is 4.80. The first-order valence-electron chi connectivity index (χ1n) is 12.2. The second-order valence-electron chi connectivity index (χ2n) is 9.33. The van der Waals surface area contributed by atoms with Gasteiger partial charge < -0.3 is 20.2 Å². The fraction of sp³-hybridized carbons (Fsp3) is 0.360. The Bertz CT molecular complexity index is 1430. The van der Waals surface area contributed by atoms with Crippen LogP contribution in [0.4, 0.5) is 11.6 Å². The molecule has 3 N–H and O–H groups in total. The number of hydrogen-bond acceptors (Lipinski definition) is 10. The van der Waals surface area contributed by atoms with Crippen LogP contribution >= 0.6 is 0 Å². The van der Waals surface area contributed by atoms with Gasteiger partial charge in [-0.05, 0) is 36.1 Å². The van der Waals surface area contributed by atoms with Crippen LogP contribution in [0, 0.1) is 0 Å². The van der Waals surface area contributed by atoms with Gasteiger partial charge >= 0.3 is 11.8 Å². The normalized spacial score (nSPS) is 19.9. The molecule has 1 amide bonds. The molecule has 4 aromatic rings. The minimum atomic E-state index is -0.733. The SMILES string of the molecule is Cn1cc(Nc2nccc(-c3ccc4c(c3)CCN([C@@H]3CCOC3)C[C@@H]4c3nnc(C(N)=O)o3)n2)cn1. The van der Waals surface area contributed by atoms with E-state index in [-0.39, 0.29) is 11.8 Å². The summed E-state index contributed by atoms with van der Waals surface area (Å²) in [6, 6.07) is 8.52. The summed E-state index contributed by atoms with van der Waals surface area (Å²) in [7, 11) is 1.86. The first kappa shape index (κ1) is 23.3. The Labute approximate surface area is 212 Å². The van der Waals surface area contributed by atoms with Crippen molar-refractivity contribution < 1.29 is 13.9 Å². The maximum atomic E-state index is 11.6. The minimum absolute atomic E-state index is 0.178. The molecule has 2 atom stereocenters. The van der Waals surface area contributed by atoms with E-state index in [1.807, 2.05) is 25.4 Å². The van der Waals surface area contributed by atoms with Crippen molar-refractivity contribution >= 4 is 17.5 Å². The van der Waals surface area contributed by atoms with E-state index in [1.165, 1.54) is 5.56 Å². The highest BCUT2D eigenvalue weighted by atomic mass is 16.5. The van der Waals surface area contributed by atoms with E-state index in [2.05, 4.69) is 42.6 Å². The van der Waals surface area contributed by atoms with Crippen LogP contribution < -0.4 is 11.1 Å². The number of ether oxygens (including phenoxy) is 1. The lowest BCUT2D eigenvalue weighted by atomic mass is 9.91. The number of carbonyl (C=O) groups is 1. The van der Waals surface area contributed by atoms with Crippen molar-refractivity contribution in [3.8, 4) is 11.3 Å². The number of nitrogens with zero attached hydrogens (tertiary/aromatic N) is 7. The van der Waals surface area contributed by atoms with Crippen LogP contribution in [0.3, 0.4) is 0 Å². The van der Waals surface area contributed by atoms with Gasteiger partial charge in [-0.3, -0.25) is 14.4 Å². The molecule has 1 saturated heterocycles. The van der Waals surface area contributed by atoms with Crippen LogP contribution in [-0.4, -0.2) is 73.1 Å². The average molecular weight is 502 g/mol. The standard InChI is InChI=1S/C25H27N9O3/c1-33-12-17(11-28-33)29-25-27-7-4-21(30-25)16-2-3-19-15(10-16)5-8-34(18-6-9-36-14-18)13-20(19)23-31-32-24(37-23)22(26)35/h2-4,7,10-12,18,20H,5-6,8-9,13-14H2,1H3,(H2,26,35)(H,27,29,30)/t18-,20+/m1/s1. The molecular formula is C25H27N9O3. The van der Waals surface area contributed by atoms with Crippen LogP contribution in [-0.2, 0) is 18.2 Å². The molecule has 0 saturated carbocycles. The highest BCUT2D eigenvalue weighted by molar-refractivity contribution is 5.87. The smallest absolute Gasteiger partial charge is 0.306 e. The summed E-state index contributed by atoms with van der Waals surface area (Å²) >= 11 is 0. The van der Waals surface area contributed by atoms with Crippen LogP contribution in [0.5, 0.6) is 0 Å². The van der Waals surface area contributed by atoms with E-state index in [0.717, 1.165) is 48.5 Å². The minimum Gasteiger partial charge on any atom is -0.416 e. The van der Waals surface area contributed by atoms with Crippen molar-refractivity contribution in [2.75, 3.05) is 31.6 Å². The van der Waals surface area contributed by atoms with Gasteiger partial charge in [0.15, 0.2) is 0 Å². The zero-order valence-corrected chi connectivity index (χ0v) is 20.4. The van der Waals surface area contributed by atoms with Gasteiger partial charge in [-0.15, -0.1) is 10.2 Å². The molecule has 3 aromatic heterocycles. The third-order valence-corrected chi connectivity index (χ3v) is 6.89. The molecule has 0 spiro atoms. The Kier molecular flexibility index (Phi) is 6.10. The molecule has 0 aliphatic carbocycles. The first-order chi connectivity index (χ1) is 18.0. The Morgan fingerprint density at radius 2 is 2.16 bits per heavy atom. The van der Waals surface area contributed by atoms with Gasteiger partial charge in [0.2, 0.25) is 11.8 Å². The van der Waals surface area contributed by atoms with E-state index in [0.29, 0.717) is 31.0 Å². The van der Waals surface area contributed by atoms with Gasteiger partial charge in [0.25, 0.3) is 0 Å². The molecule has 1 aromatic carbocycles. The Balaban J connectivity index is 1.33. The number of aryl methyl sites for hydroxylation is 1.